The van der Waals surface area contributed by atoms with Gasteiger partial charge in [0.15, 0.2) is 0 Å². The summed E-state index contributed by atoms with van der Waals surface area (Å²) in [4.78, 5) is 0. The molecule has 14 heavy (non-hydrogen) atoms. The number of methoxy groups -OCH3 is 1. The SMILES string of the molecule is [B]c1c(C)c(CO)c(C)c(OC)c1C. The monoisotopic (exact) mass is 190 g/mol. The van der Waals surface area contributed by atoms with Gasteiger partial charge < -0.3 is 9.84 Å². The summed E-state index contributed by atoms with van der Waals surface area (Å²) < 4.78 is 5.26. The van der Waals surface area contributed by atoms with E-state index in [-0.39, 0.29) is 6.61 Å². The largest absolute Gasteiger partial charge is 0.496 e. The molecule has 74 valence electrons. The number of hydrogen-bond acceptors (Lipinski definition) is 2. The van der Waals surface area contributed by atoms with Crippen molar-refractivity contribution in [2.45, 2.75) is 27.4 Å². The van der Waals surface area contributed by atoms with Crippen LogP contribution in [-0.4, -0.2) is 20.1 Å². The Bertz CT molecular complexity index is 328. The van der Waals surface area contributed by atoms with Crippen molar-refractivity contribution in [2.24, 2.45) is 0 Å². The van der Waals surface area contributed by atoms with Crippen molar-refractivity contribution < 1.29 is 9.84 Å². The molecular weight excluding hydrogens is 175 g/mol. The van der Waals surface area contributed by atoms with Gasteiger partial charge in [-0.3, -0.25) is 0 Å². The molecule has 0 unspecified atom stereocenters. The molecule has 0 heterocycles. The third-order valence-corrected chi connectivity index (χ3v) is 2.76. The van der Waals surface area contributed by atoms with Crippen LogP contribution in [0.3, 0.4) is 0 Å². The summed E-state index contributed by atoms with van der Waals surface area (Å²) in [7, 11) is 7.53. The van der Waals surface area contributed by atoms with Crippen molar-refractivity contribution in [3.8, 4) is 5.75 Å². The van der Waals surface area contributed by atoms with Crippen LogP contribution in [0.2, 0.25) is 0 Å². The molecule has 0 bridgehead atoms. The van der Waals surface area contributed by atoms with Gasteiger partial charge in [0.25, 0.3) is 0 Å². The summed E-state index contributed by atoms with van der Waals surface area (Å²) in [5.74, 6) is 0.775. The first kappa shape index (κ1) is 11.1. The van der Waals surface area contributed by atoms with Crippen LogP contribution in [0.5, 0.6) is 5.75 Å². The second-order valence-electron chi connectivity index (χ2n) is 3.46. The molecule has 2 nitrogen and oxygen atoms in total. The number of benzene rings is 1. The number of rotatable bonds is 2. The standard InChI is InChI=1S/C11H15BO2/c1-6-9(5-13)7(2)11(14-4)8(3)10(6)12/h13H,5H2,1-4H3. The minimum absolute atomic E-state index is 0.00148. The minimum Gasteiger partial charge on any atom is -0.496 e. The van der Waals surface area contributed by atoms with E-state index < -0.39 is 0 Å². The van der Waals surface area contributed by atoms with Crippen LogP contribution in [0.4, 0.5) is 0 Å². The van der Waals surface area contributed by atoms with E-state index in [1.165, 1.54) is 0 Å². The van der Waals surface area contributed by atoms with Gasteiger partial charge in [0.2, 0.25) is 0 Å². The predicted octanol–water partition coefficient (Wildman–Crippen LogP) is 0.907. The fraction of sp³-hybridized carbons (Fsp3) is 0.455. The summed E-state index contributed by atoms with van der Waals surface area (Å²) in [6, 6.07) is 0. The molecule has 1 rings (SSSR count). The first-order chi connectivity index (χ1) is 6.54. The van der Waals surface area contributed by atoms with Crippen molar-refractivity contribution in [2.75, 3.05) is 7.11 Å². The molecule has 0 aliphatic rings. The molecular formula is C11H15BO2. The highest BCUT2D eigenvalue weighted by Gasteiger charge is 2.13. The van der Waals surface area contributed by atoms with Crippen LogP contribution in [0, 0.1) is 20.8 Å². The molecule has 1 aromatic carbocycles. The molecule has 0 aromatic heterocycles. The first-order valence-corrected chi connectivity index (χ1v) is 4.57. The predicted molar refractivity (Wildman–Crippen MR) is 58.5 cm³/mol. The molecule has 0 amide bonds. The second kappa shape index (κ2) is 4.05. The van der Waals surface area contributed by atoms with Crippen LogP contribution >= 0.6 is 0 Å². The molecule has 0 saturated carbocycles. The molecule has 0 atom stereocenters. The number of aliphatic hydroxyl groups is 1. The van der Waals surface area contributed by atoms with Crippen molar-refractivity contribution in [3.05, 3.63) is 22.3 Å². The Hall–Kier alpha value is -0.955. The van der Waals surface area contributed by atoms with Gasteiger partial charge >= 0.3 is 0 Å². The maximum absolute atomic E-state index is 9.22. The zero-order chi connectivity index (χ0) is 10.9. The Morgan fingerprint density at radius 2 is 1.71 bits per heavy atom. The lowest BCUT2D eigenvalue weighted by Crippen LogP contribution is -2.17. The van der Waals surface area contributed by atoms with E-state index in [4.69, 9.17) is 12.6 Å². The molecule has 0 saturated heterocycles. The Morgan fingerprint density at radius 3 is 2.14 bits per heavy atom. The Balaban J connectivity index is 3.56. The van der Waals surface area contributed by atoms with Gasteiger partial charge in [0.1, 0.15) is 13.6 Å². The van der Waals surface area contributed by atoms with Gasteiger partial charge in [0, 0.05) is 0 Å². The molecule has 0 fully saturated rings. The highest BCUT2D eigenvalue weighted by molar-refractivity contribution is 6.34. The van der Waals surface area contributed by atoms with Gasteiger partial charge in [-0.15, -0.1) is 0 Å². The third kappa shape index (κ3) is 1.52. The number of hydrogen-bond donors (Lipinski definition) is 1. The lowest BCUT2D eigenvalue weighted by molar-refractivity contribution is 0.279. The van der Waals surface area contributed by atoms with Crippen LogP contribution in [-0.2, 0) is 6.61 Å². The van der Waals surface area contributed by atoms with E-state index >= 15 is 0 Å². The minimum atomic E-state index is -0.00148. The summed E-state index contributed by atoms with van der Waals surface area (Å²) in [6.45, 7) is 5.78. The van der Waals surface area contributed by atoms with Crippen molar-refractivity contribution in [1.29, 1.82) is 0 Å². The zero-order valence-electron chi connectivity index (χ0n) is 9.14. The molecule has 0 spiro atoms. The fourth-order valence-electron chi connectivity index (χ4n) is 1.81. The summed E-state index contributed by atoms with van der Waals surface area (Å²) in [6.07, 6.45) is 0. The third-order valence-electron chi connectivity index (χ3n) is 2.76. The Morgan fingerprint density at radius 1 is 1.14 bits per heavy atom. The topological polar surface area (TPSA) is 29.5 Å². The summed E-state index contributed by atoms with van der Waals surface area (Å²) in [5, 5.41) is 9.22. The van der Waals surface area contributed by atoms with Gasteiger partial charge in [0.05, 0.1) is 13.7 Å². The highest BCUT2D eigenvalue weighted by atomic mass is 16.5. The molecule has 1 aromatic rings. The summed E-state index contributed by atoms with van der Waals surface area (Å²) in [5.41, 5.74) is 4.43. The van der Waals surface area contributed by atoms with Gasteiger partial charge in [-0.05, 0) is 37.5 Å². The highest BCUT2D eigenvalue weighted by Crippen LogP contribution is 2.26. The lowest BCUT2D eigenvalue weighted by Gasteiger charge is -2.18. The fourth-order valence-corrected chi connectivity index (χ4v) is 1.81. The van der Waals surface area contributed by atoms with Crippen LogP contribution in [0.15, 0.2) is 0 Å². The molecule has 3 heteroatoms. The lowest BCUT2D eigenvalue weighted by atomic mass is 9.82. The van der Waals surface area contributed by atoms with Crippen LogP contribution in [0.25, 0.3) is 0 Å². The molecule has 0 aliphatic carbocycles. The van der Waals surface area contributed by atoms with Crippen molar-refractivity contribution in [3.63, 3.8) is 0 Å². The van der Waals surface area contributed by atoms with Crippen LogP contribution in [0.1, 0.15) is 22.3 Å². The molecule has 0 aliphatic heterocycles. The number of ether oxygens (including phenoxy) is 1. The Labute approximate surface area is 86.3 Å². The second-order valence-corrected chi connectivity index (χ2v) is 3.46. The van der Waals surface area contributed by atoms with E-state index in [2.05, 4.69) is 0 Å². The van der Waals surface area contributed by atoms with Crippen molar-refractivity contribution >= 4 is 13.3 Å². The van der Waals surface area contributed by atoms with Gasteiger partial charge in [-0.2, -0.15) is 0 Å². The first-order valence-electron chi connectivity index (χ1n) is 4.57. The van der Waals surface area contributed by atoms with E-state index in [0.717, 1.165) is 28.0 Å². The van der Waals surface area contributed by atoms with E-state index in [0.29, 0.717) is 5.46 Å². The number of aliphatic hydroxyl groups excluding tert-OH is 1. The molecule has 2 radical (unpaired) electrons. The average molecular weight is 190 g/mol. The van der Waals surface area contributed by atoms with Crippen LogP contribution < -0.4 is 10.2 Å². The maximum Gasteiger partial charge on any atom is 0.124 e. The van der Waals surface area contributed by atoms with E-state index in [9.17, 15) is 5.11 Å². The van der Waals surface area contributed by atoms with Gasteiger partial charge in [-0.1, -0.05) is 11.0 Å². The zero-order valence-corrected chi connectivity index (χ0v) is 9.14. The Kier molecular flexibility index (Phi) is 3.22. The maximum atomic E-state index is 9.22. The average Bonchev–Trinajstić information content (AvgIpc) is 2.16. The van der Waals surface area contributed by atoms with Gasteiger partial charge in [-0.25, -0.2) is 0 Å². The normalized spacial score (nSPS) is 10.4. The van der Waals surface area contributed by atoms with E-state index in [1.807, 2.05) is 20.8 Å². The summed E-state index contributed by atoms with van der Waals surface area (Å²) >= 11 is 0. The van der Waals surface area contributed by atoms with Crippen molar-refractivity contribution in [1.82, 2.24) is 0 Å². The smallest absolute Gasteiger partial charge is 0.124 e. The molecule has 1 N–H and O–H groups in total. The van der Waals surface area contributed by atoms with E-state index in [1.54, 1.807) is 7.11 Å². The quantitative estimate of drug-likeness (QED) is 0.702.